The van der Waals surface area contributed by atoms with Crippen molar-refractivity contribution in [3.05, 3.63) is 170 Å². The van der Waals surface area contributed by atoms with E-state index < -0.39 is 0 Å². The van der Waals surface area contributed by atoms with Gasteiger partial charge in [-0.15, -0.1) is 0 Å². The Morgan fingerprint density at radius 1 is 0.286 bits per heavy atom. The van der Waals surface area contributed by atoms with Gasteiger partial charge in [0, 0.05) is 37.7 Å². The van der Waals surface area contributed by atoms with Gasteiger partial charge in [-0.2, -0.15) is 0 Å². The Hall–Kier alpha value is -7.56. The van der Waals surface area contributed by atoms with Crippen LogP contribution in [-0.2, 0) is 0 Å². The van der Waals surface area contributed by atoms with Gasteiger partial charge in [-0.1, -0.05) is 133 Å². The van der Waals surface area contributed by atoms with Gasteiger partial charge < -0.3 is 17.7 Å². The fraction of sp³-hybridized carbons (Fsp3) is 0. The van der Waals surface area contributed by atoms with Crippen molar-refractivity contribution < 1.29 is 17.7 Å². The molecule has 0 aliphatic carbocycles. The third kappa shape index (κ3) is 3.97. The van der Waals surface area contributed by atoms with Crippen molar-refractivity contribution in [2.75, 3.05) is 0 Å². The summed E-state index contributed by atoms with van der Waals surface area (Å²) in [4.78, 5) is 0. The molecule has 0 atom stereocenters. The summed E-state index contributed by atoms with van der Waals surface area (Å²) in [5, 5.41) is 11.7. The van der Waals surface area contributed by atoms with Gasteiger partial charge in [0.15, 0.2) is 11.2 Å². The van der Waals surface area contributed by atoms with E-state index in [4.69, 9.17) is 17.7 Å². The van der Waals surface area contributed by atoms with Crippen molar-refractivity contribution in [2.45, 2.75) is 0 Å². The molecule has 0 spiro atoms. The van der Waals surface area contributed by atoms with Gasteiger partial charge in [-0.3, -0.25) is 0 Å². The molecule has 0 radical (unpaired) electrons. The van der Waals surface area contributed by atoms with Crippen LogP contribution < -0.4 is 0 Å². The maximum Gasteiger partial charge on any atom is 0.179 e. The summed E-state index contributed by atoms with van der Waals surface area (Å²) in [5.74, 6) is 0.689. The van der Waals surface area contributed by atoms with Crippen LogP contribution in [0.15, 0.2) is 188 Å². The highest BCUT2D eigenvalue weighted by molar-refractivity contribution is 6.29. The van der Waals surface area contributed by atoms with E-state index in [0.29, 0.717) is 11.3 Å². The van der Waals surface area contributed by atoms with Crippen molar-refractivity contribution in [1.29, 1.82) is 0 Å². The van der Waals surface area contributed by atoms with Gasteiger partial charge in [-0.05, 0) is 80.2 Å². The molecule has 0 aliphatic rings. The number of fused-ring (bicyclic) bond motifs is 13. The van der Waals surface area contributed by atoms with Crippen LogP contribution in [0.4, 0.5) is 0 Å². The Balaban J connectivity index is 1.19. The SMILES string of the molecule is c1ccc(-c2c3ccccc3c(-c3cc4cc(-c5c6oc7ccccc7c6cc6oc7ccccc7c56)oc4c4oc5ccccc5c34)c3ccccc23)cc1. The van der Waals surface area contributed by atoms with Crippen LogP contribution in [0, 0.1) is 0 Å². The molecular weight excluding hydrogens is 689 g/mol. The van der Waals surface area contributed by atoms with E-state index in [1.54, 1.807) is 0 Å². The van der Waals surface area contributed by atoms with E-state index >= 15 is 0 Å². The van der Waals surface area contributed by atoms with Crippen molar-refractivity contribution in [3.8, 4) is 33.6 Å². The van der Waals surface area contributed by atoms with Crippen LogP contribution >= 0.6 is 0 Å². The molecule has 260 valence electrons. The predicted molar refractivity (Wildman–Crippen MR) is 229 cm³/mol. The lowest BCUT2D eigenvalue weighted by molar-refractivity contribution is 0.609. The lowest BCUT2D eigenvalue weighted by Gasteiger charge is -2.18. The minimum absolute atomic E-state index is 0.689. The molecule has 4 nitrogen and oxygen atoms in total. The van der Waals surface area contributed by atoms with E-state index in [9.17, 15) is 0 Å². The summed E-state index contributed by atoms with van der Waals surface area (Å²) in [6, 6.07) is 59.5. The minimum Gasteiger partial charge on any atom is -0.456 e. The molecule has 0 N–H and O–H groups in total. The maximum atomic E-state index is 7.07. The number of benzene rings is 9. The average molecular weight is 717 g/mol. The number of furan rings is 4. The van der Waals surface area contributed by atoms with Crippen molar-refractivity contribution in [3.63, 3.8) is 0 Å². The molecule has 13 aromatic rings. The largest absolute Gasteiger partial charge is 0.456 e. The van der Waals surface area contributed by atoms with Crippen molar-refractivity contribution >= 4 is 98.3 Å². The third-order valence-corrected chi connectivity index (χ3v) is 11.7. The number of hydrogen-bond donors (Lipinski definition) is 0. The molecule has 0 bridgehead atoms. The quantitative estimate of drug-likeness (QED) is 0.171. The standard InChI is InChI=1S/C52H28O4/c1-2-14-29(15-3-1)45-32-17-4-6-19-34(32)46(35-20-7-5-18-33(35)45)39-26-30-27-43(56-50(30)52-47(39)36-21-9-13-25-42(36)55-52)49-48-37-22-10-12-24-41(37)53-44(48)28-38-31-16-8-11-23-40(31)54-51(38)49/h1-28H. The summed E-state index contributed by atoms with van der Waals surface area (Å²) in [6.45, 7) is 0. The normalized spacial score (nSPS) is 12.3. The molecule has 0 fully saturated rings. The Labute approximate surface area is 318 Å². The van der Waals surface area contributed by atoms with E-state index in [1.165, 1.54) is 38.2 Å². The zero-order valence-electron chi connectivity index (χ0n) is 29.8. The summed E-state index contributed by atoms with van der Waals surface area (Å²) in [7, 11) is 0. The molecule has 13 rings (SSSR count). The van der Waals surface area contributed by atoms with Crippen LogP contribution in [-0.4, -0.2) is 0 Å². The van der Waals surface area contributed by atoms with Gasteiger partial charge in [0.1, 0.15) is 33.7 Å². The number of para-hydroxylation sites is 3. The monoisotopic (exact) mass is 716 g/mol. The average Bonchev–Trinajstić information content (AvgIpc) is 4.03. The summed E-state index contributed by atoms with van der Waals surface area (Å²) >= 11 is 0. The molecule has 4 heteroatoms. The lowest BCUT2D eigenvalue weighted by Crippen LogP contribution is -1.91. The van der Waals surface area contributed by atoms with Crippen molar-refractivity contribution in [1.82, 2.24) is 0 Å². The molecule has 0 unspecified atom stereocenters. The molecule has 0 saturated heterocycles. The maximum absolute atomic E-state index is 7.07. The van der Waals surface area contributed by atoms with Crippen LogP contribution in [0.3, 0.4) is 0 Å². The molecule has 4 heterocycles. The van der Waals surface area contributed by atoms with Gasteiger partial charge in [0.2, 0.25) is 0 Å². The van der Waals surface area contributed by atoms with E-state index in [0.717, 1.165) is 82.3 Å². The highest BCUT2D eigenvalue weighted by Gasteiger charge is 2.27. The Morgan fingerprint density at radius 3 is 1.48 bits per heavy atom. The van der Waals surface area contributed by atoms with Crippen LogP contribution in [0.5, 0.6) is 0 Å². The smallest absolute Gasteiger partial charge is 0.179 e. The minimum atomic E-state index is 0.689. The van der Waals surface area contributed by atoms with Crippen molar-refractivity contribution in [2.24, 2.45) is 0 Å². The van der Waals surface area contributed by atoms with E-state index in [-0.39, 0.29) is 0 Å². The first-order valence-corrected chi connectivity index (χ1v) is 18.9. The second kappa shape index (κ2) is 11.0. The van der Waals surface area contributed by atoms with Crippen LogP contribution in [0.1, 0.15) is 0 Å². The fourth-order valence-electron chi connectivity index (χ4n) is 9.34. The molecule has 0 aliphatic heterocycles. The zero-order chi connectivity index (χ0) is 36.5. The first kappa shape index (κ1) is 29.8. The van der Waals surface area contributed by atoms with Crippen LogP contribution in [0.2, 0.25) is 0 Å². The molecule has 9 aromatic carbocycles. The molecule has 56 heavy (non-hydrogen) atoms. The molecular formula is C52H28O4. The first-order valence-electron chi connectivity index (χ1n) is 18.9. The molecule has 4 aromatic heterocycles. The number of rotatable bonds is 3. The predicted octanol–water partition coefficient (Wildman–Crippen LogP) is 15.4. The summed E-state index contributed by atoms with van der Waals surface area (Å²) in [5.41, 5.74) is 11.0. The summed E-state index contributed by atoms with van der Waals surface area (Å²) < 4.78 is 27.1. The van der Waals surface area contributed by atoms with Crippen LogP contribution in [0.25, 0.3) is 132 Å². The molecule has 0 amide bonds. The highest BCUT2D eigenvalue weighted by atomic mass is 16.4. The van der Waals surface area contributed by atoms with E-state index in [2.05, 4.69) is 121 Å². The summed E-state index contributed by atoms with van der Waals surface area (Å²) in [6.07, 6.45) is 0. The molecule has 0 saturated carbocycles. The third-order valence-electron chi connectivity index (χ3n) is 11.7. The second-order valence-electron chi connectivity index (χ2n) is 14.7. The Bertz CT molecular complexity index is 3700. The zero-order valence-corrected chi connectivity index (χ0v) is 29.8. The topological polar surface area (TPSA) is 52.6 Å². The number of hydrogen-bond acceptors (Lipinski definition) is 4. The second-order valence-corrected chi connectivity index (χ2v) is 14.7. The van der Waals surface area contributed by atoms with Gasteiger partial charge in [-0.25, -0.2) is 0 Å². The highest BCUT2D eigenvalue weighted by Crippen LogP contribution is 2.51. The lowest BCUT2D eigenvalue weighted by atomic mass is 9.84. The van der Waals surface area contributed by atoms with Gasteiger partial charge in [0.25, 0.3) is 0 Å². The first-order chi connectivity index (χ1) is 27.8. The van der Waals surface area contributed by atoms with E-state index in [1.807, 2.05) is 48.5 Å². The Morgan fingerprint density at radius 2 is 0.804 bits per heavy atom. The Kier molecular flexibility index (Phi) is 5.86. The van der Waals surface area contributed by atoms with Gasteiger partial charge in [0.05, 0.1) is 5.56 Å². The van der Waals surface area contributed by atoms with Gasteiger partial charge >= 0.3 is 0 Å². The fourth-order valence-corrected chi connectivity index (χ4v) is 9.34.